The third kappa shape index (κ3) is 5.12. The maximum atomic E-state index is 16.8. The van der Waals surface area contributed by atoms with E-state index in [2.05, 4.69) is 22.5 Å². The summed E-state index contributed by atoms with van der Waals surface area (Å²) in [5, 5.41) is 11.0. The van der Waals surface area contributed by atoms with Crippen molar-refractivity contribution in [3.8, 4) is 23.2 Å². The SMILES string of the molecule is C=CC(=O)N1CCN(c2nc(OCC34CCCN3CCC4)nc3c(F)c(-c4cccc5ccc(F)c(Cl)c45)ccc23)C[C@@H]1CC#N. The Morgan fingerprint density at radius 1 is 1.09 bits per heavy atom. The molecule has 3 fully saturated rings. The molecular formula is C35H33ClF2N6O2. The van der Waals surface area contributed by atoms with Gasteiger partial charge in [-0.15, -0.1) is 0 Å². The second kappa shape index (κ2) is 12.1. The average molecular weight is 643 g/mol. The van der Waals surface area contributed by atoms with E-state index in [1.54, 1.807) is 41.3 Å². The number of carbonyl (C=O) groups excluding carboxylic acids is 1. The normalized spacial score (nSPS) is 19.4. The van der Waals surface area contributed by atoms with Crippen LogP contribution in [0.15, 0.2) is 55.1 Å². The van der Waals surface area contributed by atoms with Crippen molar-refractivity contribution in [1.29, 1.82) is 5.26 Å². The van der Waals surface area contributed by atoms with Crippen molar-refractivity contribution in [2.75, 3.05) is 44.2 Å². The van der Waals surface area contributed by atoms with Gasteiger partial charge in [0.05, 0.1) is 29.1 Å². The first-order valence-corrected chi connectivity index (χ1v) is 16.0. The van der Waals surface area contributed by atoms with Crippen LogP contribution < -0.4 is 9.64 Å². The van der Waals surface area contributed by atoms with Crippen LogP contribution in [0, 0.1) is 23.0 Å². The van der Waals surface area contributed by atoms with Crippen LogP contribution in [0.3, 0.4) is 0 Å². The number of nitriles is 1. The lowest BCUT2D eigenvalue weighted by Gasteiger charge is -2.41. The molecule has 3 aliphatic rings. The van der Waals surface area contributed by atoms with E-state index < -0.39 is 17.7 Å². The fraction of sp³-hybridized carbons (Fsp3) is 0.371. The van der Waals surface area contributed by atoms with Crippen molar-refractivity contribution < 1.29 is 18.3 Å². The van der Waals surface area contributed by atoms with Gasteiger partial charge in [0, 0.05) is 36.0 Å². The van der Waals surface area contributed by atoms with Gasteiger partial charge in [0.1, 0.15) is 23.8 Å². The molecule has 0 aliphatic carbocycles. The Labute approximate surface area is 270 Å². The number of hydrogen-bond acceptors (Lipinski definition) is 7. The molecule has 0 N–H and O–H groups in total. The second-order valence-electron chi connectivity index (χ2n) is 12.3. The van der Waals surface area contributed by atoms with Gasteiger partial charge in [-0.25, -0.2) is 8.78 Å². The Kier molecular flexibility index (Phi) is 7.99. The van der Waals surface area contributed by atoms with Crippen molar-refractivity contribution >= 4 is 45.0 Å². The molecule has 11 heteroatoms. The highest BCUT2D eigenvalue weighted by molar-refractivity contribution is 6.37. The highest BCUT2D eigenvalue weighted by atomic mass is 35.5. The molecule has 4 aromatic rings. The molecule has 3 aromatic carbocycles. The quantitative estimate of drug-likeness (QED) is 0.213. The summed E-state index contributed by atoms with van der Waals surface area (Å²) >= 11 is 6.42. The van der Waals surface area contributed by atoms with Crippen LogP contribution in [-0.2, 0) is 4.79 Å². The number of piperazine rings is 1. The molecule has 0 saturated carbocycles. The van der Waals surface area contributed by atoms with E-state index in [1.165, 1.54) is 12.1 Å². The zero-order valence-electron chi connectivity index (χ0n) is 25.3. The van der Waals surface area contributed by atoms with E-state index in [9.17, 15) is 14.4 Å². The maximum absolute atomic E-state index is 16.8. The van der Waals surface area contributed by atoms with Crippen LogP contribution >= 0.6 is 11.6 Å². The summed E-state index contributed by atoms with van der Waals surface area (Å²) in [6.45, 7) is 7.15. The summed E-state index contributed by atoms with van der Waals surface area (Å²) in [5.74, 6) is -0.965. The number of nitrogens with zero attached hydrogens (tertiary/aromatic N) is 6. The fourth-order valence-corrected chi connectivity index (χ4v) is 7.84. The number of carbonyl (C=O) groups is 1. The van der Waals surface area contributed by atoms with Crippen LogP contribution in [0.4, 0.5) is 14.6 Å². The summed E-state index contributed by atoms with van der Waals surface area (Å²) in [5.41, 5.74) is 0.662. The Morgan fingerprint density at radius 2 is 1.89 bits per heavy atom. The van der Waals surface area contributed by atoms with Crippen LogP contribution in [0.2, 0.25) is 5.02 Å². The van der Waals surface area contributed by atoms with Gasteiger partial charge < -0.3 is 14.5 Å². The highest BCUT2D eigenvalue weighted by Gasteiger charge is 2.45. The largest absolute Gasteiger partial charge is 0.461 e. The first kappa shape index (κ1) is 30.3. The summed E-state index contributed by atoms with van der Waals surface area (Å²) in [6.07, 6.45) is 5.64. The lowest BCUT2D eigenvalue weighted by atomic mass is 9.95. The Hall–Kier alpha value is -4.33. The Balaban J connectivity index is 1.34. The molecule has 1 aromatic heterocycles. The molecule has 0 radical (unpaired) electrons. The maximum Gasteiger partial charge on any atom is 0.319 e. The smallest absolute Gasteiger partial charge is 0.319 e. The van der Waals surface area contributed by atoms with Crippen molar-refractivity contribution in [2.24, 2.45) is 0 Å². The number of rotatable bonds is 7. The van der Waals surface area contributed by atoms with Crippen LogP contribution in [-0.4, -0.2) is 76.6 Å². The monoisotopic (exact) mass is 642 g/mol. The molecule has 0 unspecified atom stereocenters. The van der Waals surface area contributed by atoms with Crippen molar-refractivity contribution in [2.45, 2.75) is 43.7 Å². The second-order valence-corrected chi connectivity index (χ2v) is 12.7. The molecule has 46 heavy (non-hydrogen) atoms. The van der Waals surface area contributed by atoms with Crippen LogP contribution in [0.25, 0.3) is 32.8 Å². The van der Waals surface area contributed by atoms with Crippen molar-refractivity contribution in [3.63, 3.8) is 0 Å². The molecule has 1 atom stereocenters. The van der Waals surface area contributed by atoms with Gasteiger partial charge in [-0.1, -0.05) is 48.5 Å². The third-order valence-electron chi connectivity index (χ3n) is 9.84. The number of anilines is 1. The first-order valence-electron chi connectivity index (χ1n) is 15.6. The van der Waals surface area contributed by atoms with Crippen molar-refractivity contribution in [3.05, 3.63) is 71.8 Å². The first-order chi connectivity index (χ1) is 22.3. The molecule has 4 heterocycles. The molecule has 3 aliphatic heterocycles. The van der Waals surface area contributed by atoms with Gasteiger partial charge in [-0.05, 0) is 67.9 Å². The van der Waals surface area contributed by atoms with Gasteiger partial charge in [0.15, 0.2) is 5.82 Å². The number of halogens is 3. The molecule has 3 saturated heterocycles. The average Bonchev–Trinajstić information content (AvgIpc) is 3.66. The van der Waals surface area contributed by atoms with Crippen molar-refractivity contribution in [1.82, 2.24) is 19.8 Å². The molecule has 0 spiro atoms. The number of hydrogen-bond donors (Lipinski definition) is 0. The molecule has 236 valence electrons. The number of aromatic nitrogens is 2. The van der Waals surface area contributed by atoms with Gasteiger partial charge in [0.2, 0.25) is 5.91 Å². The third-order valence-corrected chi connectivity index (χ3v) is 10.2. The van der Waals surface area contributed by atoms with E-state index in [-0.39, 0.29) is 40.0 Å². The van der Waals surface area contributed by atoms with Gasteiger partial charge in [-0.2, -0.15) is 15.2 Å². The number of ether oxygens (including phenoxy) is 1. The van der Waals surface area contributed by atoms with Gasteiger partial charge >= 0.3 is 6.01 Å². The van der Waals surface area contributed by atoms with E-state index in [1.807, 2.05) is 4.90 Å². The van der Waals surface area contributed by atoms with Gasteiger partial charge in [0.25, 0.3) is 0 Å². The lowest BCUT2D eigenvalue weighted by Crippen LogP contribution is -2.55. The van der Waals surface area contributed by atoms with Gasteiger partial charge in [-0.3, -0.25) is 9.69 Å². The number of fused-ring (bicyclic) bond motifs is 3. The Bertz CT molecular complexity index is 1900. The zero-order valence-corrected chi connectivity index (χ0v) is 26.1. The summed E-state index contributed by atoms with van der Waals surface area (Å²) < 4.78 is 37.7. The summed E-state index contributed by atoms with van der Waals surface area (Å²) in [7, 11) is 0. The Morgan fingerprint density at radius 3 is 2.65 bits per heavy atom. The van der Waals surface area contributed by atoms with E-state index in [0.29, 0.717) is 53.8 Å². The summed E-state index contributed by atoms with van der Waals surface area (Å²) in [4.78, 5) is 28.1. The minimum Gasteiger partial charge on any atom is -0.461 e. The molecular weight excluding hydrogens is 610 g/mol. The minimum absolute atomic E-state index is 0.0649. The van der Waals surface area contributed by atoms with Crippen LogP contribution in [0.1, 0.15) is 32.1 Å². The lowest BCUT2D eigenvalue weighted by molar-refractivity contribution is -0.128. The molecule has 7 rings (SSSR count). The standard InChI is InChI=1S/C35H33ClF2N6O2/c1-2-28(45)44-19-18-42(20-23(44)12-15-39)33-26-10-9-25(24-7-3-6-22-8-11-27(37)30(36)29(22)24)31(38)32(26)40-34(41-33)46-21-35-13-4-16-43(35)17-5-14-35/h2-3,6-11,23H,1,4-5,12-14,16-21H2/t23-/m0/s1. The predicted molar refractivity (Wildman–Crippen MR) is 174 cm³/mol. The van der Waals surface area contributed by atoms with E-state index in [4.69, 9.17) is 21.3 Å². The van der Waals surface area contributed by atoms with Crippen LogP contribution in [0.5, 0.6) is 6.01 Å². The van der Waals surface area contributed by atoms with E-state index >= 15 is 4.39 Å². The molecule has 8 nitrogen and oxygen atoms in total. The topological polar surface area (TPSA) is 85.6 Å². The molecule has 1 amide bonds. The fourth-order valence-electron chi connectivity index (χ4n) is 7.57. The highest BCUT2D eigenvalue weighted by Crippen LogP contribution is 2.41. The molecule has 0 bridgehead atoms. The zero-order chi connectivity index (χ0) is 32.0. The number of benzene rings is 3. The predicted octanol–water partition coefficient (Wildman–Crippen LogP) is 6.51. The minimum atomic E-state index is -0.602. The number of amides is 1. The summed E-state index contributed by atoms with van der Waals surface area (Å²) in [6, 6.07) is 13.5. The van der Waals surface area contributed by atoms with E-state index in [0.717, 1.165) is 38.8 Å².